The van der Waals surface area contributed by atoms with Gasteiger partial charge in [0.2, 0.25) is 0 Å². The molecule has 3 N–H and O–H groups in total. The standard InChI is InChI=1S/C20H34O3/c1-11(2)15-7-5-12(3)17-9-14(10-21)19(22)18-16(15)8-6-13(4)20(17,18)23/h9,11-13,15-19,21-23H,5-8,10H2,1-4H3/t12-,13+,15-,16-,17+,18-,19+,20-/m0/s1. The van der Waals surface area contributed by atoms with Crippen molar-refractivity contribution in [2.24, 2.45) is 41.4 Å². The van der Waals surface area contributed by atoms with Crippen LogP contribution in [-0.2, 0) is 0 Å². The van der Waals surface area contributed by atoms with E-state index in [1.54, 1.807) is 0 Å². The highest BCUT2D eigenvalue weighted by molar-refractivity contribution is 5.26. The maximum absolute atomic E-state index is 11.8. The van der Waals surface area contributed by atoms with Crippen molar-refractivity contribution >= 4 is 0 Å². The van der Waals surface area contributed by atoms with E-state index in [0.717, 1.165) is 24.8 Å². The Morgan fingerprint density at radius 3 is 2.48 bits per heavy atom. The second-order valence-electron chi connectivity index (χ2n) is 8.89. The molecule has 0 unspecified atom stereocenters. The van der Waals surface area contributed by atoms with Gasteiger partial charge < -0.3 is 15.3 Å². The Morgan fingerprint density at radius 1 is 1.17 bits per heavy atom. The maximum Gasteiger partial charge on any atom is 0.0831 e. The molecule has 3 rings (SSSR count). The van der Waals surface area contributed by atoms with Gasteiger partial charge >= 0.3 is 0 Å². The molecule has 2 saturated carbocycles. The Morgan fingerprint density at radius 2 is 1.87 bits per heavy atom. The molecule has 3 heteroatoms. The highest BCUT2D eigenvalue weighted by atomic mass is 16.3. The number of rotatable bonds is 2. The van der Waals surface area contributed by atoms with E-state index in [0.29, 0.717) is 23.7 Å². The minimum absolute atomic E-state index is 0.0592. The summed E-state index contributed by atoms with van der Waals surface area (Å²) in [5.74, 6) is 2.00. The smallest absolute Gasteiger partial charge is 0.0831 e. The summed E-state index contributed by atoms with van der Waals surface area (Å²) in [6.45, 7) is 8.86. The molecule has 2 fully saturated rings. The van der Waals surface area contributed by atoms with Gasteiger partial charge in [-0.2, -0.15) is 0 Å². The van der Waals surface area contributed by atoms with Crippen molar-refractivity contribution in [3.8, 4) is 0 Å². The molecule has 4 bridgehead atoms. The van der Waals surface area contributed by atoms with Gasteiger partial charge in [0.25, 0.3) is 0 Å². The van der Waals surface area contributed by atoms with Crippen LogP contribution in [0.1, 0.15) is 53.4 Å². The minimum atomic E-state index is -0.825. The lowest BCUT2D eigenvalue weighted by atomic mass is 9.48. The first-order chi connectivity index (χ1) is 10.8. The van der Waals surface area contributed by atoms with E-state index < -0.39 is 11.7 Å². The van der Waals surface area contributed by atoms with E-state index >= 15 is 0 Å². The van der Waals surface area contributed by atoms with Crippen molar-refractivity contribution in [1.82, 2.24) is 0 Å². The van der Waals surface area contributed by atoms with Gasteiger partial charge in [0.1, 0.15) is 0 Å². The minimum Gasteiger partial charge on any atom is -0.392 e. The molecule has 3 aliphatic rings. The molecule has 23 heavy (non-hydrogen) atoms. The molecule has 8 atom stereocenters. The molecule has 0 heterocycles. The van der Waals surface area contributed by atoms with Crippen LogP contribution in [0.2, 0.25) is 0 Å². The van der Waals surface area contributed by atoms with Crippen molar-refractivity contribution in [2.75, 3.05) is 6.61 Å². The molecule has 0 amide bonds. The zero-order chi connectivity index (χ0) is 16.9. The van der Waals surface area contributed by atoms with Gasteiger partial charge in [-0.3, -0.25) is 0 Å². The quantitative estimate of drug-likeness (QED) is 0.685. The van der Waals surface area contributed by atoms with Crippen molar-refractivity contribution in [3.05, 3.63) is 11.6 Å². The lowest BCUT2D eigenvalue weighted by Crippen LogP contribution is -2.64. The second-order valence-corrected chi connectivity index (χ2v) is 8.89. The van der Waals surface area contributed by atoms with Crippen LogP contribution in [0.3, 0.4) is 0 Å². The van der Waals surface area contributed by atoms with Crippen molar-refractivity contribution in [2.45, 2.75) is 65.1 Å². The average Bonchev–Trinajstić information content (AvgIpc) is 2.49. The van der Waals surface area contributed by atoms with Gasteiger partial charge in [-0.05, 0) is 60.8 Å². The van der Waals surface area contributed by atoms with Crippen LogP contribution in [0.5, 0.6) is 0 Å². The van der Waals surface area contributed by atoms with E-state index in [1.165, 1.54) is 6.42 Å². The molecule has 3 nitrogen and oxygen atoms in total. The predicted molar refractivity (Wildman–Crippen MR) is 91.7 cm³/mol. The molecule has 0 aromatic rings. The first kappa shape index (κ1) is 17.4. The molecule has 132 valence electrons. The summed E-state index contributed by atoms with van der Waals surface area (Å²) in [4.78, 5) is 0. The summed E-state index contributed by atoms with van der Waals surface area (Å²) in [6, 6.07) is 0. The number of aliphatic hydroxyl groups is 3. The van der Waals surface area contributed by atoms with Crippen LogP contribution < -0.4 is 0 Å². The fraction of sp³-hybridized carbons (Fsp3) is 0.900. The molecule has 0 radical (unpaired) electrons. The molecule has 0 aromatic carbocycles. The van der Waals surface area contributed by atoms with E-state index in [2.05, 4.69) is 27.7 Å². The van der Waals surface area contributed by atoms with Crippen molar-refractivity contribution in [1.29, 1.82) is 0 Å². The van der Waals surface area contributed by atoms with Gasteiger partial charge in [0.15, 0.2) is 0 Å². The first-order valence-electron chi connectivity index (χ1n) is 9.54. The van der Waals surface area contributed by atoms with E-state index in [4.69, 9.17) is 0 Å². The van der Waals surface area contributed by atoms with Gasteiger partial charge in [0.05, 0.1) is 18.3 Å². The van der Waals surface area contributed by atoms with E-state index in [-0.39, 0.29) is 24.4 Å². The summed E-state index contributed by atoms with van der Waals surface area (Å²) >= 11 is 0. The third-order valence-electron chi connectivity index (χ3n) is 7.52. The number of hydrogen-bond acceptors (Lipinski definition) is 3. The molecular weight excluding hydrogens is 288 g/mol. The number of aliphatic hydroxyl groups excluding tert-OH is 2. The number of hydrogen-bond donors (Lipinski definition) is 3. The molecule has 3 aliphatic carbocycles. The lowest BCUT2D eigenvalue weighted by Gasteiger charge is -2.60. The zero-order valence-electron chi connectivity index (χ0n) is 15.1. The monoisotopic (exact) mass is 322 g/mol. The molecule has 0 aromatic heterocycles. The summed E-state index contributed by atoms with van der Waals surface area (Å²) in [7, 11) is 0. The van der Waals surface area contributed by atoms with Crippen LogP contribution in [0.4, 0.5) is 0 Å². The van der Waals surface area contributed by atoms with Crippen LogP contribution in [-0.4, -0.2) is 33.6 Å². The Labute approximate surface area is 140 Å². The second kappa shape index (κ2) is 6.16. The van der Waals surface area contributed by atoms with Crippen LogP contribution in [0, 0.1) is 41.4 Å². The summed E-state index contributed by atoms with van der Waals surface area (Å²) in [6.07, 6.45) is 5.76. The van der Waals surface area contributed by atoms with Gasteiger partial charge in [-0.15, -0.1) is 0 Å². The van der Waals surface area contributed by atoms with Gasteiger partial charge in [0, 0.05) is 11.8 Å². The predicted octanol–water partition coefficient (Wildman–Crippen LogP) is 2.99. The Kier molecular flexibility index (Phi) is 4.67. The fourth-order valence-corrected chi connectivity index (χ4v) is 6.18. The Bertz CT molecular complexity index is 472. The lowest BCUT2D eigenvalue weighted by molar-refractivity contribution is -0.202. The van der Waals surface area contributed by atoms with Crippen molar-refractivity contribution in [3.63, 3.8) is 0 Å². The summed E-state index contributed by atoms with van der Waals surface area (Å²) in [5, 5.41) is 32.5. The topological polar surface area (TPSA) is 60.7 Å². The van der Waals surface area contributed by atoms with Crippen LogP contribution in [0.15, 0.2) is 11.6 Å². The van der Waals surface area contributed by atoms with E-state index in [1.807, 2.05) is 6.08 Å². The highest BCUT2D eigenvalue weighted by Gasteiger charge is 2.60. The van der Waals surface area contributed by atoms with Crippen molar-refractivity contribution < 1.29 is 15.3 Å². The molecular formula is C20H34O3. The third-order valence-corrected chi connectivity index (χ3v) is 7.52. The van der Waals surface area contributed by atoms with Crippen LogP contribution in [0.25, 0.3) is 0 Å². The zero-order valence-corrected chi connectivity index (χ0v) is 15.1. The average molecular weight is 322 g/mol. The maximum atomic E-state index is 11.8. The highest BCUT2D eigenvalue weighted by Crippen LogP contribution is 2.58. The molecule has 0 spiro atoms. The van der Waals surface area contributed by atoms with Gasteiger partial charge in [-0.1, -0.05) is 33.8 Å². The first-order valence-corrected chi connectivity index (χ1v) is 9.54. The summed E-state index contributed by atoms with van der Waals surface area (Å²) in [5.41, 5.74) is -0.0893. The molecule has 0 aliphatic heterocycles. The fourth-order valence-electron chi connectivity index (χ4n) is 6.18. The molecule has 0 saturated heterocycles. The van der Waals surface area contributed by atoms with Crippen LogP contribution >= 0.6 is 0 Å². The van der Waals surface area contributed by atoms with Gasteiger partial charge in [-0.25, -0.2) is 0 Å². The third kappa shape index (κ3) is 2.51. The Balaban J connectivity index is 2.14. The summed E-state index contributed by atoms with van der Waals surface area (Å²) < 4.78 is 0. The largest absolute Gasteiger partial charge is 0.392 e. The Hall–Kier alpha value is -0.380. The normalized spacial score (nSPS) is 50.3. The SMILES string of the molecule is CC(C)[C@@H]1CC[C@H](C)[C@H]2C=C(CO)[C@@H](O)[C@@H]3[C@H]1CC[C@@H](C)[C@@]32O. The van der Waals surface area contributed by atoms with E-state index in [9.17, 15) is 15.3 Å².